The zero-order valence-electron chi connectivity index (χ0n) is 5.26. The van der Waals surface area contributed by atoms with E-state index in [4.69, 9.17) is 0 Å². The quantitative estimate of drug-likeness (QED) is 0.326. The Labute approximate surface area is 68.4 Å². The Kier molecular flexibility index (Phi) is 6.03. The van der Waals surface area contributed by atoms with Gasteiger partial charge in [0.05, 0.1) is 6.26 Å². The minimum absolute atomic E-state index is 0.264. The molecular formula is C6H9IO2. The van der Waals surface area contributed by atoms with Crippen molar-refractivity contribution < 1.29 is 9.53 Å². The van der Waals surface area contributed by atoms with E-state index in [1.54, 1.807) is 0 Å². The molecule has 0 aromatic carbocycles. The van der Waals surface area contributed by atoms with Crippen LogP contribution in [-0.2, 0) is 9.53 Å². The molecule has 0 aliphatic heterocycles. The van der Waals surface area contributed by atoms with Crippen LogP contribution < -0.4 is 0 Å². The van der Waals surface area contributed by atoms with Crippen LogP contribution in [0.5, 0.6) is 0 Å². The zero-order chi connectivity index (χ0) is 7.11. The van der Waals surface area contributed by atoms with Crippen LogP contribution in [-0.4, -0.2) is 10.4 Å². The topological polar surface area (TPSA) is 26.3 Å². The van der Waals surface area contributed by atoms with E-state index in [-0.39, 0.29) is 5.97 Å². The van der Waals surface area contributed by atoms with Crippen molar-refractivity contribution in [1.82, 2.24) is 0 Å². The van der Waals surface area contributed by atoms with Gasteiger partial charge in [0.15, 0.2) is 0 Å². The van der Waals surface area contributed by atoms with E-state index in [0.29, 0.717) is 0 Å². The highest BCUT2D eigenvalue weighted by Gasteiger charge is 1.82. The first kappa shape index (κ1) is 8.94. The number of halogens is 1. The first-order chi connectivity index (χ1) is 4.27. The van der Waals surface area contributed by atoms with Crippen molar-refractivity contribution in [3.63, 3.8) is 0 Å². The smallest absolute Gasteiger partial charge is 0.307 e. The third kappa shape index (κ3) is 7.94. The van der Waals surface area contributed by atoms with E-state index >= 15 is 0 Å². The molecular weight excluding hydrogens is 231 g/mol. The number of ether oxygens (including phenoxy) is 1. The van der Waals surface area contributed by atoms with Crippen LogP contribution in [0.15, 0.2) is 12.3 Å². The molecule has 52 valence electrons. The normalized spacial score (nSPS) is 10.0. The van der Waals surface area contributed by atoms with E-state index in [9.17, 15) is 4.79 Å². The van der Waals surface area contributed by atoms with Gasteiger partial charge in [-0.2, -0.15) is 0 Å². The molecule has 0 aliphatic carbocycles. The van der Waals surface area contributed by atoms with Crippen LogP contribution in [0.4, 0.5) is 0 Å². The monoisotopic (exact) mass is 240 g/mol. The maximum Gasteiger partial charge on any atom is 0.307 e. The van der Waals surface area contributed by atoms with Crippen LogP contribution in [0.25, 0.3) is 0 Å². The van der Waals surface area contributed by atoms with Gasteiger partial charge in [-0.3, -0.25) is 4.79 Å². The highest BCUT2D eigenvalue weighted by molar-refractivity contribution is 14.1. The molecule has 0 aliphatic rings. The number of carbonyl (C=O) groups is 1. The SMILES string of the molecule is CC(=O)O/C=C/CCI. The lowest BCUT2D eigenvalue weighted by Gasteiger charge is -1.88. The molecule has 0 amide bonds. The molecule has 2 nitrogen and oxygen atoms in total. The summed E-state index contributed by atoms with van der Waals surface area (Å²) in [6, 6.07) is 0. The Morgan fingerprint density at radius 1 is 1.78 bits per heavy atom. The lowest BCUT2D eigenvalue weighted by Crippen LogP contribution is -1.89. The van der Waals surface area contributed by atoms with Gasteiger partial charge in [0.25, 0.3) is 0 Å². The number of carbonyl (C=O) groups excluding carboxylic acids is 1. The summed E-state index contributed by atoms with van der Waals surface area (Å²) < 4.78 is 5.57. The van der Waals surface area contributed by atoms with Gasteiger partial charge in [0, 0.05) is 11.4 Å². The predicted molar refractivity (Wildman–Crippen MR) is 44.4 cm³/mol. The van der Waals surface area contributed by atoms with Gasteiger partial charge < -0.3 is 4.74 Å². The molecule has 0 saturated heterocycles. The molecule has 0 bridgehead atoms. The first-order valence-electron chi connectivity index (χ1n) is 2.65. The Balaban J connectivity index is 3.14. The lowest BCUT2D eigenvalue weighted by atomic mass is 10.5. The minimum Gasteiger partial charge on any atom is -0.435 e. The maximum absolute atomic E-state index is 10.1. The van der Waals surface area contributed by atoms with E-state index in [1.165, 1.54) is 13.2 Å². The first-order valence-corrected chi connectivity index (χ1v) is 4.18. The maximum atomic E-state index is 10.1. The third-order valence-electron chi connectivity index (χ3n) is 0.606. The molecule has 0 N–H and O–H groups in total. The standard InChI is InChI=1S/C6H9IO2/c1-6(8)9-5-3-2-4-7/h3,5H,2,4H2,1H3/b5-3+. The van der Waals surface area contributed by atoms with Gasteiger partial charge in [-0.25, -0.2) is 0 Å². The summed E-state index contributed by atoms with van der Waals surface area (Å²) in [5, 5.41) is 0. The zero-order valence-corrected chi connectivity index (χ0v) is 7.42. The Bertz CT molecular complexity index is 110. The highest BCUT2D eigenvalue weighted by Crippen LogP contribution is 1.90. The number of esters is 1. The third-order valence-corrected chi connectivity index (χ3v) is 1.23. The Morgan fingerprint density at radius 3 is 2.89 bits per heavy atom. The molecule has 0 radical (unpaired) electrons. The van der Waals surface area contributed by atoms with Crippen molar-refractivity contribution in [2.75, 3.05) is 4.43 Å². The van der Waals surface area contributed by atoms with Crippen LogP contribution in [0.2, 0.25) is 0 Å². The van der Waals surface area contributed by atoms with Gasteiger partial charge in [-0.05, 0) is 12.5 Å². The number of allylic oxidation sites excluding steroid dienone is 1. The molecule has 0 aromatic heterocycles. The molecule has 0 saturated carbocycles. The van der Waals surface area contributed by atoms with Crippen LogP contribution in [0.1, 0.15) is 13.3 Å². The van der Waals surface area contributed by atoms with Crippen LogP contribution in [0, 0.1) is 0 Å². The van der Waals surface area contributed by atoms with Gasteiger partial charge in [-0.15, -0.1) is 0 Å². The molecule has 0 fully saturated rings. The second-order valence-electron chi connectivity index (χ2n) is 1.46. The van der Waals surface area contributed by atoms with E-state index in [1.807, 2.05) is 6.08 Å². The summed E-state index contributed by atoms with van der Waals surface area (Å²) in [6.45, 7) is 1.38. The fraction of sp³-hybridized carbons (Fsp3) is 0.500. The molecule has 0 rings (SSSR count). The van der Waals surface area contributed by atoms with Crippen molar-refractivity contribution in [3.05, 3.63) is 12.3 Å². The van der Waals surface area contributed by atoms with Crippen molar-refractivity contribution in [2.24, 2.45) is 0 Å². The number of rotatable bonds is 3. The van der Waals surface area contributed by atoms with Gasteiger partial charge in [-0.1, -0.05) is 22.6 Å². The average Bonchev–Trinajstić information content (AvgIpc) is 1.80. The molecule has 0 aromatic rings. The summed E-state index contributed by atoms with van der Waals surface area (Å²) in [4.78, 5) is 10.1. The Morgan fingerprint density at radius 2 is 2.44 bits per heavy atom. The minimum atomic E-state index is -0.264. The van der Waals surface area contributed by atoms with Gasteiger partial charge in [0.2, 0.25) is 0 Å². The molecule has 3 heteroatoms. The van der Waals surface area contributed by atoms with E-state index in [2.05, 4.69) is 27.3 Å². The van der Waals surface area contributed by atoms with Crippen molar-refractivity contribution in [3.8, 4) is 0 Å². The van der Waals surface area contributed by atoms with Crippen molar-refractivity contribution >= 4 is 28.6 Å². The molecule has 0 unspecified atom stereocenters. The summed E-state index contributed by atoms with van der Waals surface area (Å²) >= 11 is 2.25. The number of hydrogen-bond acceptors (Lipinski definition) is 2. The largest absolute Gasteiger partial charge is 0.435 e. The number of alkyl halides is 1. The van der Waals surface area contributed by atoms with Crippen molar-refractivity contribution in [2.45, 2.75) is 13.3 Å². The summed E-state index contributed by atoms with van der Waals surface area (Å²) in [6.07, 6.45) is 4.21. The van der Waals surface area contributed by atoms with Crippen LogP contribution in [0.3, 0.4) is 0 Å². The molecule has 0 atom stereocenters. The van der Waals surface area contributed by atoms with Gasteiger partial charge >= 0.3 is 5.97 Å². The summed E-state index contributed by atoms with van der Waals surface area (Å²) in [5.41, 5.74) is 0. The van der Waals surface area contributed by atoms with Crippen molar-refractivity contribution in [1.29, 1.82) is 0 Å². The summed E-state index contributed by atoms with van der Waals surface area (Å²) in [7, 11) is 0. The van der Waals surface area contributed by atoms with Crippen LogP contribution >= 0.6 is 22.6 Å². The second kappa shape index (κ2) is 6.07. The lowest BCUT2D eigenvalue weighted by molar-refractivity contribution is -0.135. The highest BCUT2D eigenvalue weighted by atomic mass is 127. The number of hydrogen-bond donors (Lipinski definition) is 0. The predicted octanol–water partition coefficient (Wildman–Crippen LogP) is 1.89. The van der Waals surface area contributed by atoms with E-state index in [0.717, 1.165) is 10.8 Å². The van der Waals surface area contributed by atoms with Gasteiger partial charge in [0.1, 0.15) is 0 Å². The fourth-order valence-electron chi connectivity index (χ4n) is 0.275. The Hall–Kier alpha value is -0.0600. The second-order valence-corrected chi connectivity index (χ2v) is 2.54. The summed E-state index contributed by atoms with van der Waals surface area (Å²) in [5.74, 6) is -0.264. The molecule has 0 spiro atoms. The van der Waals surface area contributed by atoms with E-state index < -0.39 is 0 Å². The molecule has 0 heterocycles. The average molecular weight is 240 g/mol. The fourth-order valence-corrected chi connectivity index (χ4v) is 0.635. The molecule has 9 heavy (non-hydrogen) atoms.